The third kappa shape index (κ3) is 2.26. The van der Waals surface area contributed by atoms with Gasteiger partial charge in [-0.25, -0.2) is 0 Å². The first-order valence-corrected chi connectivity index (χ1v) is 7.10. The standard InChI is InChI=1S/C15H29NO/c1-11(2)14(6)9-16-10-15(17-14)8-13(4,5)7-12(15)3/h11-12,16H,7-10H2,1-6H3. The Hall–Kier alpha value is -0.0800. The molecule has 0 amide bonds. The SMILES string of the molecule is CC(C)C1(C)CNCC2(CC(C)(C)CC2C)O1. The van der Waals surface area contributed by atoms with Crippen molar-refractivity contribution in [2.45, 2.75) is 65.6 Å². The predicted octanol–water partition coefficient (Wildman–Crippen LogP) is 3.22. The average Bonchev–Trinajstić information content (AvgIpc) is 2.35. The van der Waals surface area contributed by atoms with E-state index in [0.717, 1.165) is 13.1 Å². The van der Waals surface area contributed by atoms with Gasteiger partial charge in [0.25, 0.3) is 0 Å². The number of hydrogen-bond acceptors (Lipinski definition) is 2. The van der Waals surface area contributed by atoms with Crippen LogP contribution in [0.25, 0.3) is 0 Å². The normalized spacial score (nSPS) is 45.7. The van der Waals surface area contributed by atoms with Gasteiger partial charge < -0.3 is 10.1 Å². The van der Waals surface area contributed by atoms with Gasteiger partial charge in [0.05, 0.1) is 11.2 Å². The Morgan fingerprint density at radius 3 is 2.29 bits per heavy atom. The number of hydrogen-bond donors (Lipinski definition) is 1. The van der Waals surface area contributed by atoms with Crippen LogP contribution in [0.5, 0.6) is 0 Å². The van der Waals surface area contributed by atoms with Crippen molar-refractivity contribution >= 4 is 0 Å². The van der Waals surface area contributed by atoms with Gasteiger partial charge >= 0.3 is 0 Å². The van der Waals surface area contributed by atoms with Crippen LogP contribution in [0.2, 0.25) is 0 Å². The van der Waals surface area contributed by atoms with E-state index in [9.17, 15) is 0 Å². The molecule has 1 saturated heterocycles. The maximum atomic E-state index is 6.67. The number of ether oxygens (including phenoxy) is 1. The molecular weight excluding hydrogens is 210 g/mol. The molecule has 1 saturated carbocycles. The van der Waals surface area contributed by atoms with Gasteiger partial charge in [0, 0.05) is 13.1 Å². The maximum Gasteiger partial charge on any atom is 0.0845 e. The van der Waals surface area contributed by atoms with Crippen LogP contribution >= 0.6 is 0 Å². The minimum absolute atomic E-state index is 0.00701. The fourth-order valence-corrected chi connectivity index (χ4v) is 3.83. The van der Waals surface area contributed by atoms with Crippen LogP contribution in [0.15, 0.2) is 0 Å². The van der Waals surface area contributed by atoms with Gasteiger partial charge in [-0.15, -0.1) is 0 Å². The molecule has 0 bridgehead atoms. The zero-order valence-corrected chi connectivity index (χ0v) is 12.4. The highest BCUT2D eigenvalue weighted by atomic mass is 16.5. The highest BCUT2D eigenvalue weighted by Crippen LogP contribution is 2.52. The molecule has 0 aromatic carbocycles. The van der Waals surface area contributed by atoms with Crippen LogP contribution in [0, 0.1) is 17.3 Å². The molecule has 1 aliphatic carbocycles. The molecule has 2 rings (SSSR count). The smallest absolute Gasteiger partial charge is 0.0845 e. The molecule has 0 aromatic rings. The molecule has 2 aliphatic rings. The van der Waals surface area contributed by atoms with E-state index in [1.165, 1.54) is 12.8 Å². The first-order valence-electron chi connectivity index (χ1n) is 7.10. The number of morpholine rings is 1. The van der Waals surface area contributed by atoms with E-state index in [1.807, 2.05) is 0 Å². The van der Waals surface area contributed by atoms with E-state index in [2.05, 4.69) is 46.9 Å². The van der Waals surface area contributed by atoms with Crippen LogP contribution in [0.1, 0.15) is 54.4 Å². The molecule has 3 atom stereocenters. The zero-order valence-electron chi connectivity index (χ0n) is 12.4. The Bertz CT molecular complexity index is 299. The van der Waals surface area contributed by atoms with Gasteiger partial charge in [-0.1, -0.05) is 34.6 Å². The lowest BCUT2D eigenvalue weighted by Crippen LogP contribution is -2.62. The molecule has 3 unspecified atom stereocenters. The maximum absolute atomic E-state index is 6.67. The lowest BCUT2D eigenvalue weighted by atomic mass is 9.83. The molecule has 17 heavy (non-hydrogen) atoms. The second-order valence-corrected chi connectivity index (χ2v) is 7.68. The van der Waals surface area contributed by atoms with Crippen molar-refractivity contribution in [1.82, 2.24) is 5.32 Å². The summed E-state index contributed by atoms with van der Waals surface area (Å²) in [5, 5.41) is 3.63. The van der Waals surface area contributed by atoms with Gasteiger partial charge in [-0.2, -0.15) is 0 Å². The summed E-state index contributed by atoms with van der Waals surface area (Å²) in [5.74, 6) is 1.21. The largest absolute Gasteiger partial charge is 0.366 e. The quantitative estimate of drug-likeness (QED) is 0.758. The summed E-state index contributed by atoms with van der Waals surface area (Å²) in [6.45, 7) is 15.9. The Balaban J connectivity index is 2.22. The molecule has 0 radical (unpaired) electrons. The summed E-state index contributed by atoms with van der Waals surface area (Å²) < 4.78 is 6.67. The molecule has 1 heterocycles. The van der Waals surface area contributed by atoms with Crippen LogP contribution < -0.4 is 5.32 Å². The molecule has 2 heteroatoms. The minimum atomic E-state index is -0.00701. The van der Waals surface area contributed by atoms with Gasteiger partial charge in [0.15, 0.2) is 0 Å². The third-order valence-corrected chi connectivity index (χ3v) is 5.09. The van der Waals surface area contributed by atoms with Crippen LogP contribution in [-0.4, -0.2) is 24.3 Å². The molecule has 2 fully saturated rings. The number of nitrogens with one attached hydrogen (secondary N) is 1. The van der Waals surface area contributed by atoms with Crippen molar-refractivity contribution in [2.75, 3.05) is 13.1 Å². The highest BCUT2D eigenvalue weighted by molar-refractivity contribution is 5.06. The van der Waals surface area contributed by atoms with E-state index >= 15 is 0 Å². The molecule has 100 valence electrons. The van der Waals surface area contributed by atoms with Crippen LogP contribution in [-0.2, 0) is 4.74 Å². The molecular formula is C15H29NO. The molecule has 1 aliphatic heterocycles. The topological polar surface area (TPSA) is 21.3 Å². The van der Waals surface area contributed by atoms with E-state index in [-0.39, 0.29) is 11.2 Å². The zero-order chi connectivity index (χ0) is 12.9. The summed E-state index contributed by atoms with van der Waals surface area (Å²) in [4.78, 5) is 0. The van der Waals surface area contributed by atoms with E-state index in [0.29, 0.717) is 17.3 Å². The van der Waals surface area contributed by atoms with Crippen LogP contribution in [0.4, 0.5) is 0 Å². The van der Waals surface area contributed by atoms with Crippen LogP contribution in [0.3, 0.4) is 0 Å². The fraction of sp³-hybridized carbons (Fsp3) is 1.00. The lowest BCUT2D eigenvalue weighted by Gasteiger charge is -2.50. The molecule has 1 N–H and O–H groups in total. The Morgan fingerprint density at radius 2 is 1.82 bits per heavy atom. The van der Waals surface area contributed by atoms with Gasteiger partial charge in [0.1, 0.15) is 0 Å². The lowest BCUT2D eigenvalue weighted by molar-refractivity contribution is -0.202. The van der Waals surface area contributed by atoms with Gasteiger partial charge in [-0.05, 0) is 37.0 Å². The van der Waals surface area contributed by atoms with E-state index < -0.39 is 0 Å². The monoisotopic (exact) mass is 239 g/mol. The Labute approximate surface area is 107 Å². The van der Waals surface area contributed by atoms with Gasteiger partial charge in [0.2, 0.25) is 0 Å². The molecule has 2 nitrogen and oxygen atoms in total. The summed E-state index contributed by atoms with van der Waals surface area (Å²) in [5.41, 5.74) is 0.490. The summed E-state index contributed by atoms with van der Waals surface area (Å²) in [6.07, 6.45) is 2.47. The predicted molar refractivity (Wildman–Crippen MR) is 72.1 cm³/mol. The first-order chi connectivity index (χ1) is 7.69. The Morgan fingerprint density at radius 1 is 1.18 bits per heavy atom. The van der Waals surface area contributed by atoms with Crippen molar-refractivity contribution in [3.8, 4) is 0 Å². The summed E-state index contributed by atoms with van der Waals surface area (Å²) >= 11 is 0. The molecule has 0 aromatic heterocycles. The first kappa shape index (κ1) is 13.4. The van der Waals surface area contributed by atoms with E-state index in [1.54, 1.807) is 0 Å². The second kappa shape index (κ2) is 3.96. The Kier molecular flexibility index (Phi) is 3.11. The van der Waals surface area contributed by atoms with E-state index in [4.69, 9.17) is 4.74 Å². The summed E-state index contributed by atoms with van der Waals surface area (Å²) in [7, 11) is 0. The highest BCUT2D eigenvalue weighted by Gasteiger charge is 2.54. The van der Waals surface area contributed by atoms with Crippen molar-refractivity contribution in [3.63, 3.8) is 0 Å². The summed E-state index contributed by atoms with van der Waals surface area (Å²) in [6, 6.07) is 0. The molecule has 1 spiro atoms. The number of rotatable bonds is 1. The van der Waals surface area contributed by atoms with Gasteiger partial charge in [-0.3, -0.25) is 0 Å². The van der Waals surface area contributed by atoms with Crippen molar-refractivity contribution in [3.05, 3.63) is 0 Å². The van der Waals surface area contributed by atoms with Crippen molar-refractivity contribution in [2.24, 2.45) is 17.3 Å². The minimum Gasteiger partial charge on any atom is -0.366 e. The third-order valence-electron chi connectivity index (χ3n) is 5.09. The fourth-order valence-electron chi connectivity index (χ4n) is 3.83. The van der Waals surface area contributed by atoms with Crippen molar-refractivity contribution < 1.29 is 4.74 Å². The second-order valence-electron chi connectivity index (χ2n) is 7.68. The average molecular weight is 239 g/mol. The van der Waals surface area contributed by atoms with Crippen molar-refractivity contribution in [1.29, 1.82) is 0 Å².